The van der Waals surface area contributed by atoms with Crippen molar-refractivity contribution < 1.29 is 24.2 Å². The second-order valence-corrected chi connectivity index (χ2v) is 10.4. The molecule has 1 aliphatic heterocycles. The number of thiocarbonyl (C=S) groups is 1. The molecule has 34 heavy (non-hydrogen) atoms. The van der Waals surface area contributed by atoms with E-state index in [1.807, 2.05) is 32.0 Å². The van der Waals surface area contributed by atoms with Crippen LogP contribution in [-0.2, 0) is 9.59 Å². The SMILES string of the molecule is CCCCCCC[C@H](C)Oc1ccc(/C=C2/SC(=S)N([C@H](C(=O)O)[C@H](C)CC)C2=O)cc1OC. The number of methoxy groups -OCH3 is 1. The van der Waals surface area contributed by atoms with E-state index in [2.05, 4.69) is 13.8 Å². The Morgan fingerprint density at radius 3 is 2.50 bits per heavy atom. The van der Waals surface area contributed by atoms with Gasteiger partial charge in [-0.25, -0.2) is 4.79 Å². The molecule has 1 aliphatic rings. The number of aliphatic carboxylic acids is 1. The van der Waals surface area contributed by atoms with Gasteiger partial charge in [-0.05, 0) is 49.5 Å². The summed E-state index contributed by atoms with van der Waals surface area (Å²) in [7, 11) is 1.59. The Labute approximate surface area is 213 Å². The van der Waals surface area contributed by atoms with Crippen LogP contribution in [0.15, 0.2) is 23.1 Å². The summed E-state index contributed by atoms with van der Waals surface area (Å²) in [6.07, 6.45) is 9.53. The first-order valence-electron chi connectivity index (χ1n) is 12.1. The van der Waals surface area contributed by atoms with Crippen molar-refractivity contribution in [1.82, 2.24) is 4.90 Å². The van der Waals surface area contributed by atoms with Crippen molar-refractivity contribution >= 4 is 46.3 Å². The zero-order valence-corrected chi connectivity index (χ0v) is 22.5. The minimum atomic E-state index is -1.05. The quantitative estimate of drug-likeness (QED) is 0.174. The van der Waals surface area contributed by atoms with Gasteiger partial charge in [0.25, 0.3) is 5.91 Å². The van der Waals surface area contributed by atoms with E-state index in [-0.39, 0.29) is 22.2 Å². The number of rotatable bonds is 14. The van der Waals surface area contributed by atoms with Crippen LogP contribution >= 0.6 is 24.0 Å². The molecular weight excluding hydrogens is 470 g/mol. The predicted octanol–water partition coefficient (Wildman–Crippen LogP) is 6.52. The fourth-order valence-corrected chi connectivity index (χ4v) is 5.21. The predicted molar refractivity (Wildman–Crippen MR) is 142 cm³/mol. The second kappa shape index (κ2) is 13.7. The number of unbranched alkanes of at least 4 members (excludes halogenated alkanes) is 4. The fraction of sp³-hybridized carbons (Fsp3) is 0.577. The van der Waals surface area contributed by atoms with Crippen molar-refractivity contribution in [3.8, 4) is 11.5 Å². The number of ether oxygens (including phenoxy) is 2. The van der Waals surface area contributed by atoms with Crippen LogP contribution in [0.1, 0.15) is 78.2 Å². The van der Waals surface area contributed by atoms with E-state index in [1.165, 1.54) is 30.6 Å². The van der Waals surface area contributed by atoms with E-state index in [9.17, 15) is 14.7 Å². The minimum absolute atomic E-state index is 0.0751. The van der Waals surface area contributed by atoms with Crippen molar-refractivity contribution in [2.24, 2.45) is 5.92 Å². The summed E-state index contributed by atoms with van der Waals surface area (Å²) in [6.45, 7) is 7.99. The van der Waals surface area contributed by atoms with Gasteiger partial charge >= 0.3 is 5.97 Å². The molecule has 1 heterocycles. The molecule has 0 saturated carbocycles. The Hall–Kier alpha value is -2.06. The van der Waals surface area contributed by atoms with Crippen LogP contribution < -0.4 is 9.47 Å². The van der Waals surface area contributed by atoms with Crippen LogP contribution in [-0.4, -0.2) is 45.5 Å². The highest BCUT2D eigenvalue weighted by atomic mass is 32.2. The highest BCUT2D eigenvalue weighted by molar-refractivity contribution is 8.26. The van der Waals surface area contributed by atoms with Gasteiger partial charge in [0.15, 0.2) is 11.5 Å². The average Bonchev–Trinajstić information content (AvgIpc) is 3.07. The van der Waals surface area contributed by atoms with Gasteiger partial charge in [-0.2, -0.15) is 0 Å². The van der Waals surface area contributed by atoms with Crippen LogP contribution in [0.5, 0.6) is 11.5 Å². The summed E-state index contributed by atoms with van der Waals surface area (Å²) in [6, 6.07) is 4.55. The Morgan fingerprint density at radius 1 is 1.18 bits per heavy atom. The zero-order chi connectivity index (χ0) is 25.3. The lowest BCUT2D eigenvalue weighted by Crippen LogP contribution is -2.47. The molecule has 3 atom stereocenters. The lowest BCUT2D eigenvalue weighted by molar-refractivity contribution is -0.147. The van der Waals surface area contributed by atoms with Crippen LogP contribution in [0.3, 0.4) is 0 Å². The topological polar surface area (TPSA) is 76.1 Å². The van der Waals surface area contributed by atoms with E-state index in [4.69, 9.17) is 21.7 Å². The minimum Gasteiger partial charge on any atom is -0.493 e. The molecule has 6 nitrogen and oxygen atoms in total. The van der Waals surface area contributed by atoms with Crippen molar-refractivity contribution in [1.29, 1.82) is 0 Å². The monoisotopic (exact) mass is 507 g/mol. The number of benzene rings is 1. The van der Waals surface area contributed by atoms with E-state index in [0.717, 1.165) is 30.2 Å². The molecule has 188 valence electrons. The molecule has 0 bridgehead atoms. The van der Waals surface area contributed by atoms with Crippen molar-refractivity contribution in [2.45, 2.75) is 84.8 Å². The number of carbonyl (C=O) groups is 2. The number of thioether (sulfide) groups is 1. The normalized spacial score (nSPS) is 17.7. The molecule has 0 aromatic heterocycles. The van der Waals surface area contributed by atoms with Gasteiger partial charge in [0.1, 0.15) is 10.4 Å². The van der Waals surface area contributed by atoms with Crippen LogP contribution in [0.4, 0.5) is 0 Å². The van der Waals surface area contributed by atoms with Gasteiger partial charge in [-0.1, -0.05) is 82.9 Å². The van der Waals surface area contributed by atoms with Gasteiger partial charge in [-0.3, -0.25) is 9.69 Å². The number of hydrogen-bond donors (Lipinski definition) is 1. The van der Waals surface area contributed by atoms with E-state index in [0.29, 0.717) is 22.8 Å². The highest BCUT2D eigenvalue weighted by Crippen LogP contribution is 2.37. The Balaban J connectivity index is 2.13. The Kier molecular flexibility index (Phi) is 11.4. The maximum atomic E-state index is 13.0. The molecule has 8 heteroatoms. The number of carboxylic acids is 1. The number of amides is 1. The molecular formula is C26H37NO5S2. The first-order chi connectivity index (χ1) is 16.2. The molecule has 1 saturated heterocycles. The van der Waals surface area contributed by atoms with E-state index in [1.54, 1.807) is 13.2 Å². The second-order valence-electron chi connectivity index (χ2n) is 8.76. The van der Waals surface area contributed by atoms with Crippen molar-refractivity contribution in [2.75, 3.05) is 7.11 Å². The molecule has 1 amide bonds. The number of carboxylic acid groups (broad SMARTS) is 1. The Bertz CT molecular complexity index is 901. The number of nitrogens with zero attached hydrogens (tertiary/aromatic N) is 1. The van der Waals surface area contributed by atoms with Crippen molar-refractivity contribution in [3.05, 3.63) is 28.7 Å². The third-order valence-corrected chi connectivity index (χ3v) is 7.40. The molecule has 1 aromatic carbocycles. The number of hydrogen-bond acceptors (Lipinski definition) is 6. The molecule has 0 spiro atoms. The van der Waals surface area contributed by atoms with Crippen molar-refractivity contribution in [3.63, 3.8) is 0 Å². The van der Waals surface area contributed by atoms with Crippen LogP contribution in [0.25, 0.3) is 6.08 Å². The average molecular weight is 508 g/mol. The van der Waals surface area contributed by atoms with Gasteiger partial charge < -0.3 is 14.6 Å². The molecule has 2 rings (SSSR count). The first-order valence-corrected chi connectivity index (χ1v) is 13.3. The molecule has 1 N–H and O–H groups in total. The van der Waals surface area contributed by atoms with Crippen LogP contribution in [0.2, 0.25) is 0 Å². The highest BCUT2D eigenvalue weighted by Gasteiger charge is 2.42. The summed E-state index contributed by atoms with van der Waals surface area (Å²) >= 11 is 6.49. The summed E-state index contributed by atoms with van der Waals surface area (Å²) in [4.78, 5) is 26.5. The molecule has 0 radical (unpaired) electrons. The maximum Gasteiger partial charge on any atom is 0.327 e. The number of carbonyl (C=O) groups excluding carboxylic acids is 1. The molecule has 1 fully saturated rings. The van der Waals surface area contributed by atoms with E-state index < -0.39 is 12.0 Å². The Morgan fingerprint density at radius 2 is 1.88 bits per heavy atom. The molecule has 1 aromatic rings. The smallest absolute Gasteiger partial charge is 0.327 e. The van der Waals surface area contributed by atoms with Gasteiger partial charge in [0.2, 0.25) is 0 Å². The summed E-state index contributed by atoms with van der Waals surface area (Å²) in [5.74, 6) is -0.390. The standard InChI is InChI=1S/C26H37NO5S2/c1-6-8-9-10-11-12-18(4)32-20-14-13-19(15-21(20)31-5)16-22-24(28)27(26(33)34-22)23(25(29)30)17(3)7-2/h13-18,23H,6-12H2,1-5H3,(H,29,30)/b22-16+/t17-,18+,23+/m1/s1. The fourth-order valence-electron chi connectivity index (χ4n) is 3.88. The third-order valence-electron chi connectivity index (χ3n) is 6.07. The third kappa shape index (κ3) is 7.47. The molecule has 0 aliphatic carbocycles. The largest absolute Gasteiger partial charge is 0.493 e. The maximum absolute atomic E-state index is 13.0. The summed E-state index contributed by atoms with van der Waals surface area (Å²) in [5.41, 5.74) is 0.757. The summed E-state index contributed by atoms with van der Waals surface area (Å²) in [5, 5.41) is 9.70. The summed E-state index contributed by atoms with van der Waals surface area (Å²) < 4.78 is 11.9. The van der Waals surface area contributed by atoms with Gasteiger partial charge in [0.05, 0.1) is 18.1 Å². The zero-order valence-electron chi connectivity index (χ0n) is 20.8. The van der Waals surface area contributed by atoms with Crippen LogP contribution in [0, 0.1) is 5.92 Å². The van der Waals surface area contributed by atoms with Gasteiger partial charge in [0, 0.05) is 0 Å². The molecule has 0 unspecified atom stereocenters. The lowest BCUT2D eigenvalue weighted by atomic mass is 9.98. The lowest BCUT2D eigenvalue weighted by Gasteiger charge is -2.27. The van der Waals surface area contributed by atoms with Gasteiger partial charge in [-0.15, -0.1) is 0 Å². The first kappa shape index (κ1) is 28.2. The van der Waals surface area contributed by atoms with E-state index >= 15 is 0 Å².